The summed E-state index contributed by atoms with van der Waals surface area (Å²) in [7, 11) is 0. The lowest BCUT2D eigenvalue weighted by molar-refractivity contribution is 0.00147. The fraction of sp³-hybridized carbons (Fsp3) is 0.455. The molecule has 1 aromatic carbocycles. The molecule has 3 nitrogen and oxygen atoms in total. The first-order chi connectivity index (χ1) is 6.95. The van der Waals surface area contributed by atoms with E-state index in [4.69, 9.17) is 9.57 Å². The zero-order chi connectivity index (χ0) is 9.64. The normalized spacial score (nSPS) is 21.3. The molecule has 1 fully saturated rings. The molecule has 1 aromatic rings. The lowest BCUT2D eigenvalue weighted by Crippen LogP contribution is -2.29. The van der Waals surface area contributed by atoms with Crippen LogP contribution in [0.5, 0.6) is 0 Å². The van der Waals surface area contributed by atoms with Crippen LogP contribution in [0.4, 0.5) is 0 Å². The number of hydrogen-bond donors (Lipinski definition) is 1. The smallest absolute Gasteiger partial charge is 0.0933 e. The van der Waals surface area contributed by atoms with E-state index in [2.05, 4.69) is 5.48 Å². The molecule has 76 valence electrons. The SMILES string of the molecule is c1ccc(CONC2CCOC2)cc1. The second kappa shape index (κ2) is 5.10. The minimum atomic E-state index is 0.360. The monoisotopic (exact) mass is 193 g/mol. The summed E-state index contributed by atoms with van der Waals surface area (Å²) in [5, 5.41) is 0. The predicted molar refractivity (Wildman–Crippen MR) is 53.6 cm³/mol. The van der Waals surface area contributed by atoms with Gasteiger partial charge in [-0.25, -0.2) is 0 Å². The van der Waals surface area contributed by atoms with Crippen LogP contribution in [-0.4, -0.2) is 19.3 Å². The van der Waals surface area contributed by atoms with Crippen LogP contribution in [0.3, 0.4) is 0 Å². The molecular formula is C11H15NO2. The van der Waals surface area contributed by atoms with Crippen molar-refractivity contribution in [3.05, 3.63) is 35.9 Å². The lowest BCUT2D eigenvalue weighted by Gasteiger charge is -2.10. The third kappa shape index (κ3) is 2.80. The van der Waals surface area contributed by atoms with Crippen LogP contribution in [-0.2, 0) is 16.2 Å². The highest BCUT2D eigenvalue weighted by atomic mass is 16.6. The molecule has 0 radical (unpaired) electrons. The Morgan fingerprint density at radius 3 is 2.93 bits per heavy atom. The summed E-state index contributed by atoms with van der Waals surface area (Å²) in [6.45, 7) is 2.21. The molecule has 0 amide bonds. The van der Waals surface area contributed by atoms with E-state index in [1.807, 2.05) is 30.3 Å². The molecule has 1 unspecified atom stereocenters. The van der Waals surface area contributed by atoms with E-state index < -0.39 is 0 Å². The second-order valence-corrected chi connectivity index (χ2v) is 3.45. The van der Waals surface area contributed by atoms with Gasteiger partial charge in [-0.1, -0.05) is 30.3 Å². The number of ether oxygens (including phenoxy) is 1. The van der Waals surface area contributed by atoms with Gasteiger partial charge in [0.25, 0.3) is 0 Å². The van der Waals surface area contributed by atoms with Gasteiger partial charge in [0.1, 0.15) is 0 Å². The minimum Gasteiger partial charge on any atom is -0.380 e. The molecule has 1 atom stereocenters. The minimum absolute atomic E-state index is 0.360. The Labute approximate surface area is 84.0 Å². The van der Waals surface area contributed by atoms with Gasteiger partial charge in [0, 0.05) is 6.61 Å². The molecule has 0 spiro atoms. The van der Waals surface area contributed by atoms with Gasteiger partial charge in [-0.05, 0) is 12.0 Å². The Hall–Kier alpha value is -0.900. The summed E-state index contributed by atoms with van der Waals surface area (Å²) in [5.41, 5.74) is 4.18. The topological polar surface area (TPSA) is 30.5 Å². The Morgan fingerprint density at radius 1 is 1.36 bits per heavy atom. The summed E-state index contributed by atoms with van der Waals surface area (Å²) >= 11 is 0. The molecule has 0 saturated carbocycles. The van der Waals surface area contributed by atoms with Gasteiger partial charge in [0.2, 0.25) is 0 Å². The van der Waals surface area contributed by atoms with Gasteiger partial charge in [-0.2, -0.15) is 5.48 Å². The highest BCUT2D eigenvalue weighted by Crippen LogP contribution is 2.04. The lowest BCUT2D eigenvalue weighted by atomic mass is 10.2. The van der Waals surface area contributed by atoms with E-state index in [0.29, 0.717) is 12.6 Å². The molecule has 1 aliphatic heterocycles. The Balaban J connectivity index is 1.67. The fourth-order valence-corrected chi connectivity index (χ4v) is 1.44. The van der Waals surface area contributed by atoms with Crippen LogP contribution < -0.4 is 5.48 Å². The molecule has 0 bridgehead atoms. The van der Waals surface area contributed by atoms with Crippen molar-refractivity contribution in [2.45, 2.75) is 19.1 Å². The quantitative estimate of drug-likeness (QED) is 0.735. The van der Waals surface area contributed by atoms with Crippen molar-refractivity contribution < 1.29 is 9.57 Å². The van der Waals surface area contributed by atoms with E-state index in [0.717, 1.165) is 19.6 Å². The summed E-state index contributed by atoms with van der Waals surface area (Å²) in [4.78, 5) is 5.37. The Kier molecular flexibility index (Phi) is 3.51. The number of hydroxylamine groups is 1. The van der Waals surface area contributed by atoms with Crippen molar-refractivity contribution >= 4 is 0 Å². The molecule has 0 aromatic heterocycles. The first-order valence-electron chi connectivity index (χ1n) is 4.94. The number of nitrogens with one attached hydrogen (secondary N) is 1. The molecule has 0 aliphatic carbocycles. The largest absolute Gasteiger partial charge is 0.380 e. The van der Waals surface area contributed by atoms with Crippen LogP contribution in [0.25, 0.3) is 0 Å². The van der Waals surface area contributed by atoms with Crippen LogP contribution in [0.2, 0.25) is 0 Å². The first kappa shape index (κ1) is 9.65. The zero-order valence-corrected chi connectivity index (χ0v) is 8.11. The Bertz CT molecular complexity index is 257. The number of rotatable bonds is 4. The maximum Gasteiger partial charge on any atom is 0.0933 e. The summed E-state index contributed by atoms with van der Waals surface area (Å²) < 4.78 is 5.22. The highest BCUT2D eigenvalue weighted by molar-refractivity contribution is 5.13. The highest BCUT2D eigenvalue weighted by Gasteiger charge is 2.14. The van der Waals surface area contributed by atoms with Gasteiger partial charge >= 0.3 is 0 Å². The van der Waals surface area contributed by atoms with Crippen molar-refractivity contribution in [3.8, 4) is 0 Å². The Morgan fingerprint density at radius 2 is 2.21 bits per heavy atom. The van der Waals surface area contributed by atoms with E-state index >= 15 is 0 Å². The van der Waals surface area contributed by atoms with E-state index in [9.17, 15) is 0 Å². The van der Waals surface area contributed by atoms with Crippen molar-refractivity contribution in [2.75, 3.05) is 13.2 Å². The molecule has 1 N–H and O–H groups in total. The molecular weight excluding hydrogens is 178 g/mol. The van der Waals surface area contributed by atoms with Crippen LogP contribution >= 0.6 is 0 Å². The molecule has 1 heterocycles. The maximum absolute atomic E-state index is 5.37. The number of benzene rings is 1. The van der Waals surface area contributed by atoms with Crippen LogP contribution in [0, 0.1) is 0 Å². The fourth-order valence-electron chi connectivity index (χ4n) is 1.44. The molecule has 1 aliphatic rings. The van der Waals surface area contributed by atoms with E-state index in [1.54, 1.807) is 0 Å². The van der Waals surface area contributed by atoms with Crippen molar-refractivity contribution in [3.63, 3.8) is 0 Å². The summed E-state index contributed by atoms with van der Waals surface area (Å²) in [6, 6.07) is 10.5. The molecule has 3 heteroatoms. The van der Waals surface area contributed by atoms with E-state index in [1.165, 1.54) is 5.56 Å². The third-order valence-electron chi connectivity index (χ3n) is 2.26. The summed E-state index contributed by atoms with van der Waals surface area (Å²) in [6.07, 6.45) is 1.04. The molecule has 2 rings (SSSR count). The van der Waals surface area contributed by atoms with Gasteiger partial charge in [-0.15, -0.1) is 0 Å². The van der Waals surface area contributed by atoms with Crippen molar-refractivity contribution in [1.29, 1.82) is 0 Å². The van der Waals surface area contributed by atoms with E-state index in [-0.39, 0.29) is 0 Å². The van der Waals surface area contributed by atoms with Crippen molar-refractivity contribution in [2.24, 2.45) is 0 Å². The average molecular weight is 193 g/mol. The van der Waals surface area contributed by atoms with Gasteiger partial charge in [0.15, 0.2) is 0 Å². The number of hydrogen-bond acceptors (Lipinski definition) is 3. The predicted octanol–water partition coefficient (Wildman–Crippen LogP) is 1.50. The van der Waals surface area contributed by atoms with Crippen LogP contribution in [0.1, 0.15) is 12.0 Å². The van der Waals surface area contributed by atoms with Crippen molar-refractivity contribution in [1.82, 2.24) is 5.48 Å². The second-order valence-electron chi connectivity index (χ2n) is 3.45. The molecule has 14 heavy (non-hydrogen) atoms. The maximum atomic E-state index is 5.37. The van der Waals surface area contributed by atoms with Crippen LogP contribution in [0.15, 0.2) is 30.3 Å². The van der Waals surface area contributed by atoms with Gasteiger partial charge in [0.05, 0.1) is 19.3 Å². The third-order valence-corrected chi connectivity index (χ3v) is 2.26. The summed E-state index contributed by atoms with van der Waals surface area (Å²) in [5.74, 6) is 0. The standard InChI is InChI=1S/C11H15NO2/c1-2-4-10(5-3-1)8-14-12-11-6-7-13-9-11/h1-5,11-12H,6-9H2. The average Bonchev–Trinajstić information content (AvgIpc) is 2.72. The zero-order valence-electron chi connectivity index (χ0n) is 8.11. The van der Waals surface area contributed by atoms with Gasteiger partial charge in [-0.3, -0.25) is 4.84 Å². The first-order valence-corrected chi connectivity index (χ1v) is 4.94. The molecule has 1 saturated heterocycles. The van der Waals surface area contributed by atoms with Gasteiger partial charge < -0.3 is 4.74 Å².